The SMILES string of the molecule is CCC(O)(CC)N1C2=C(CCCCCCC2)CCCC/C2=C\1CCCCCCC2. The largest absolute Gasteiger partial charge is 0.371 e. The van der Waals surface area contributed by atoms with Crippen molar-refractivity contribution in [2.24, 2.45) is 0 Å². The van der Waals surface area contributed by atoms with E-state index in [1.807, 2.05) is 0 Å². The van der Waals surface area contributed by atoms with E-state index in [0.29, 0.717) is 0 Å². The van der Waals surface area contributed by atoms with E-state index in [4.69, 9.17) is 0 Å². The molecule has 2 nitrogen and oxygen atoms in total. The lowest BCUT2D eigenvalue weighted by atomic mass is 9.93. The third kappa shape index (κ3) is 5.90. The summed E-state index contributed by atoms with van der Waals surface area (Å²) in [4.78, 5) is 2.57. The number of hydrogen-bond donors (Lipinski definition) is 1. The first kappa shape index (κ1) is 22.9. The van der Waals surface area contributed by atoms with Crippen molar-refractivity contribution in [1.82, 2.24) is 4.90 Å². The molecule has 0 aromatic carbocycles. The standard InChI is InChI=1S/C27H47NO/c1-3-27(29,4-2)28-25-21-13-9-5-7-11-17-23(25)19-15-16-20-24-18-12-8-6-10-14-22-26(24)28/h29H,3-22H2,1-2H3/b25-23-,26-24?. The lowest BCUT2D eigenvalue weighted by Crippen LogP contribution is -2.47. The highest BCUT2D eigenvalue weighted by molar-refractivity contribution is 5.27. The van der Waals surface area contributed by atoms with Crippen molar-refractivity contribution in [3.8, 4) is 0 Å². The quantitative estimate of drug-likeness (QED) is 0.513. The van der Waals surface area contributed by atoms with Gasteiger partial charge >= 0.3 is 0 Å². The molecule has 29 heavy (non-hydrogen) atoms. The molecule has 0 bridgehead atoms. The number of allylic oxidation sites excluding steroid dienone is 4. The minimum Gasteiger partial charge on any atom is -0.371 e. The van der Waals surface area contributed by atoms with Crippen molar-refractivity contribution < 1.29 is 5.11 Å². The van der Waals surface area contributed by atoms with E-state index in [-0.39, 0.29) is 0 Å². The minimum absolute atomic E-state index is 0.715. The maximum absolute atomic E-state index is 12.0. The van der Waals surface area contributed by atoms with Gasteiger partial charge in [0, 0.05) is 11.4 Å². The van der Waals surface area contributed by atoms with Crippen LogP contribution < -0.4 is 0 Å². The van der Waals surface area contributed by atoms with Gasteiger partial charge in [-0.2, -0.15) is 0 Å². The monoisotopic (exact) mass is 401 g/mol. The van der Waals surface area contributed by atoms with Crippen molar-refractivity contribution in [2.75, 3.05) is 0 Å². The highest BCUT2D eigenvalue weighted by atomic mass is 16.3. The lowest BCUT2D eigenvalue weighted by Gasteiger charge is -2.45. The molecule has 1 N–H and O–H groups in total. The van der Waals surface area contributed by atoms with E-state index >= 15 is 0 Å². The summed E-state index contributed by atoms with van der Waals surface area (Å²) in [7, 11) is 0. The zero-order valence-electron chi connectivity index (χ0n) is 19.5. The van der Waals surface area contributed by atoms with Crippen molar-refractivity contribution in [3.05, 3.63) is 22.5 Å². The first-order valence-corrected chi connectivity index (χ1v) is 13.1. The first-order chi connectivity index (χ1) is 14.2. The Morgan fingerprint density at radius 1 is 0.552 bits per heavy atom. The maximum atomic E-state index is 12.0. The van der Waals surface area contributed by atoms with Crippen molar-refractivity contribution >= 4 is 0 Å². The van der Waals surface area contributed by atoms with Gasteiger partial charge in [-0.1, -0.05) is 63.5 Å². The minimum atomic E-state index is -0.715. The van der Waals surface area contributed by atoms with Crippen LogP contribution in [0, 0.1) is 0 Å². The Morgan fingerprint density at radius 3 is 1.24 bits per heavy atom. The van der Waals surface area contributed by atoms with Gasteiger partial charge in [-0.3, -0.25) is 0 Å². The Hall–Kier alpha value is -0.760. The molecule has 0 atom stereocenters. The van der Waals surface area contributed by atoms with Crippen LogP contribution in [0.1, 0.15) is 142 Å². The van der Waals surface area contributed by atoms with Crippen LogP contribution in [0.2, 0.25) is 0 Å². The highest BCUT2D eigenvalue weighted by Gasteiger charge is 2.37. The second kappa shape index (κ2) is 11.6. The van der Waals surface area contributed by atoms with Crippen LogP contribution in [0.4, 0.5) is 0 Å². The van der Waals surface area contributed by atoms with E-state index in [1.165, 1.54) is 116 Å². The summed E-state index contributed by atoms with van der Waals surface area (Å²) in [5, 5.41) is 12.0. The van der Waals surface area contributed by atoms with Crippen LogP contribution in [0.3, 0.4) is 0 Å². The third-order valence-corrected chi connectivity index (χ3v) is 7.90. The molecule has 0 aromatic rings. The summed E-state index contributed by atoms with van der Waals surface area (Å²) in [6, 6.07) is 0. The van der Waals surface area contributed by atoms with Crippen LogP contribution in [0.25, 0.3) is 0 Å². The molecule has 1 aliphatic heterocycles. The molecular weight excluding hydrogens is 354 g/mol. The van der Waals surface area contributed by atoms with Crippen molar-refractivity contribution in [3.63, 3.8) is 0 Å². The molecule has 0 radical (unpaired) electrons. The van der Waals surface area contributed by atoms with Crippen LogP contribution in [-0.2, 0) is 0 Å². The summed E-state index contributed by atoms with van der Waals surface area (Å²) < 4.78 is 0. The normalized spacial score (nSPS) is 26.4. The second-order valence-electron chi connectivity index (χ2n) is 9.87. The van der Waals surface area contributed by atoms with Gasteiger partial charge in [0.2, 0.25) is 0 Å². The van der Waals surface area contributed by atoms with Gasteiger partial charge in [-0.15, -0.1) is 0 Å². The molecule has 2 heteroatoms. The Labute approximate surface area is 180 Å². The Kier molecular flexibility index (Phi) is 9.15. The van der Waals surface area contributed by atoms with Gasteiger partial charge in [0.25, 0.3) is 0 Å². The summed E-state index contributed by atoms with van der Waals surface area (Å²) in [6.45, 7) is 4.39. The van der Waals surface area contributed by atoms with Crippen molar-refractivity contribution in [1.29, 1.82) is 0 Å². The van der Waals surface area contributed by atoms with Gasteiger partial charge in [0.1, 0.15) is 5.72 Å². The van der Waals surface area contributed by atoms with E-state index in [2.05, 4.69) is 18.7 Å². The zero-order chi connectivity index (χ0) is 20.5. The topological polar surface area (TPSA) is 23.5 Å². The molecule has 0 spiro atoms. The highest BCUT2D eigenvalue weighted by Crippen LogP contribution is 2.42. The molecule has 3 rings (SSSR count). The van der Waals surface area contributed by atoms with E-state index in [0.717, 1.165) is 12.8 Å². The zero-order valence-corrected chi connectivity index (χ0v) is 19.5. The fourth-order valence-electron chi connectivity index (χ4n) is 5.95. The van der Waals surface area contributed by atoms with Crippen LogP contribution in [0.5, 0.6) is 0 Å². The molecular formula is C27H47NO. The smallest absolute Gasteiger partial charge is 0.141 e. The van der Waals surface area contributed by atoms with Gasteiger partial charge < -0.3 is 10.0 Å². The van der Waals surface area contributed by atoms with E-state index in [9.17, 15) is 5.11 Å². The van der Waals surface area contributed by atoms with Gasteiger partial charge in [-0.05, 0) is 89.9 Å². The Morgan fingerprint density at radius 2 is 0.862 bits per heavy atom. The summed E-state index contributed by atoms with van der Waals surface area (Å²) in [5.41, 5.74) is 5.77. The summed E-state index contributed by atoms with van der Waals surface area (Å²) >= 11 is 0. The second-order valence-corrected chi connectivity index (χ2v) is 9.87. The predicted octanol–water partition coefficient (Wildman–Crippen LogP) is 8.37. The lowest BCUT2D eigenvalue weighted by molar-refractivity contribution is -0.0827. The molecule has 1 heterocycles. The van der Waals surface area contributed by atoms with Crippen LogP contribution in [-0.4, -0.2) is 15.7 Å². The molecule has 0 saturated heterocycles. The molecule has 3 aliphatic rings. The van der Waals surface area contributed by atoms with Crippen LogP contribution >= 0.6 is 0 Å². The molecule has 0 amide bonds. The number of rotatable bonds is 3. The summed E-state index contributed by atoms with van der Waals surface area (Å²) in [6.07, 6.45) is 25.2. The molecule has 2 aliphatic carbocycles. The van der Waals surface area contributed by atoms with E-state index in [1.54, 1.807) is 22.5 Å². The number of aliphatic hydroxyl groups is 1. The van der Waals surface area contributed by atoms with E-state index < -0.39 is 5.72 Å². The van der Waals surface area contributed by atoms with Gasteiger partial charge in [0.15, 0.2) is 0 Å². The van der Waals surface area contributed by atoms with Crippen LogP contribution in [0.15, 0.2) is 22.5 Å². The fraction of sp³-hybridized carbons (Fsp3) is 0.852. The first-order valence-electron chi connectivity index (χ1n) is 13.1. The fourth-order valence-corrected chi connectivity index (χ4v) is 5.95. The average Bonchev–Trinajstić information content (AvgIpc) is 2.95. The van der Waals surface area contributed by atoms with Crippen molar-refractivity contribution in [2.45, 2.75) is 148 Å². The van der Waals surface area contributed by atoms with Gasteiger partial charge in [-0.25, -0.2) is 0 Å². The molecule has 0 unspecified atom stereocenters. The molecule has 0 aromatic heterocycles. The third-order valence-electron chi connectivity index (χ3n) is 7.90. The Balaban J connectivity index is 2.13. The maximum Gasteiger partial charge on any atom is 0.141 e. The Bertz CT molecular complexity index is 527. The molecule has 0 fully saturated rings. The summed E-state index contributed by atoms with van der Waals surface area (Å²) in [5.74, 6) is 0. The molecule has 166 valence electrons. The molecule has 0 saturated carbocycles. The predicted molar refractivity (Wildman–Crippen MR) is 125 cm³/mol. The number of hydrogen-bond acceptors (Lipinski definition) is 2. The van der Waals surface area contributed by atoms with Gasteiger partial charge in [0.05, 0.1) is 0 Å². The number of nitrogens with zero attached hydrogens (tertiary/aromatic N) is 1. The average molecular weight is 402 g/mol.